The Hall–Kier alpha value is -2.99. The van der Waals surface area contributed by atoms with E-state index in [1.807, 2.05) is 49.4 Å². The van der Waals surface area contributed by atoms with Gasteiger partial charge in [-0.25, -0.2) is 4.99 Å². The highest BCUT2D eigenvalue weighted by Crippen LogP contribution is 2.35. The van der Waals surface area contributed by atoms with Gasteiger partial charge in [-0.1, -0.05) is 18.2 Å². The topological polar surface area (TPSA) is 46.8 Å². The maximum absolute atomic E-state index is 13.0. The number of aliphatic imine (C=N–C) groups is 1. The van der Waals surface area contributed by atoms with Gasteiger partial charge in [0.1, 0.15) is 5.75 Å². The van der Waals surface area contributed by atoms with E-state index in [0.29, 0.717) is 16.6 Å². The van der Waals surface area contributed by atoms with E-state index in [2.05, 4.69) is 29.8 Å². The third-order valence-electron chi connectivity index (χ3n) is 4.95. The Morgan fingerprint density at radius 1 is 1.07 bits per heavy atom. The van der Waals surface area contributed by atoms with Crippen molar-refractivity contribution in [1.82, 2.24) is 9.47 Å². The number of rotatable bonds is 5. The molecular weight excluding hydrogens is 382 g/mol. The number of amides is 1. The van der Waals surface area contributed by atoms with Gasteiger partial charge in [-0.2, -0.15) is 0 Å². The highest BCUT2D eigenvalue weighted by atomic mass is 32.2. The van der Waals surface area contributed by atoms with Crippen molar-refractivity contribution in [2.45, 2.75) is 20.4 Å². The molecule has 1 saturated heterocycles. The van der Waals surface area contributed by atoms with Crippen LogP contribution in [0.3, 0.4) is 0 Å². The molecule has 29 heavy (non-hydrogen) atoms. The zero-order chi connectivity index (χ0) is 20.4. The fraction of sp³-hybridized carbons (Fsp3) is 0.217. The largest absolute Gasteiger partial charge is 0.497 e. The number of hydrogen-bond donors (Lipinski definition) is 0. The monoisotopic (exact) mass is 405 g/mol. The van der Waals surface area contributed by atoms with Gasteiger partial charge in [-0.05, 0) is 62.0 Å². The molecule has 0 aliphatic carbocycles. The van der Waals surface area contributed by atoms with E-state index in [0.717, 1.165) is 28.9 Å². The maximum Gasteiger partial charge on any atom is 0.266 e. The molecule has 1 aliphatic rings. The van der Waals surface area contributed by atoms with Crippen molar-refractivity contribution in [1.29, 1.82) is 0 Å². The van der Waals surface area contributed by atoms with Gasteiger partial charge in [-0.15, -0.1) is 0 Å². The molecule has 0 N–H and O–H groups in total. The number of aromatic nitrogens is 1. The fourth-order valence-corrected chi connectivity index (χ4v) is 4.48. The molecule has 0 atom stereocenters. The summed E-state index contributed by atoms with van der Waals surface area (Å²) in [6, 6.07) is 15.8. The maximum atomic E-state index is 13.0. The second kappa shape index (κ2) is 8.17. The Bertz CT molecular complexity index is 1110. The molecule has 1 aromatic heterocycles. The van der Waals surface area contributed by atoms with Gasteiger partial charge in [0.2, 0.25) is 0 Å². The first-order valence-electron chi connectivity index (χ1n) is 9.66. The van der Waals surface area contributed by atoms with E-state index < -0.39 is 0 Å². The van der Waals surface area contributed by atoms with E-state index in [1.165, 1.54) is 17.3 Å². The lowest BCUT2D eigenvalue weighted by Gasteiger charge is -2.12. The molecule has 2 heterocycles. The predicted octanol–water partition coefficient (Wildman–Crippen LogP) is 5.29. The first-order chi connectivity index (χ1) is 14.1. The summed E-state index contributed by atoms with van der Waals surface area (Å²) >= 11 is 1.42. The molecule has 6 heteroatoms. The molecule has 5 nitrogen and oxygen atoms in total. The lowest BCUT2D eigenvalue weighted by molar-refractivity contribution is -0.122. The minimum absolute atomic E-state index is 0.00177. The smallest absolute Gasteiger partial charge is 0.266 e. The highest BCUT2D eigenvalue weighted by molar-refractivity contribution is 8.18. The first kappa shape index (κ1) is 19.3. The van der Waals surface area contributed by atoms with Crippen LogP contribution in [-0.4, -0.2) is 34.2 Å². The van der Waals surface area contributed by atoms with E-state index in [4.69, 9.17) is 9.73 Å². The minimum atomic E-state index is -0.00177. The zero-order valence-corrected chi connectivity index (χ0v) is 17.6. The number of para-hydroxylation sites is 1. The summed E-state index contributed by atoms with van der Waals surface area (Å²) < 4.78 is 7.40. The number of nitrogens with zero attached hydrogens (tertiary/aromatic N) is 3. The molecule has 0 bridgehead atoms. The van der Waals surface area contributed by atoms with Crippen LogP contribution in [0.5, 0.6) is 5.75 Å². The number of likely N-dealkylation sites (N-methyl/N-ethyl adjacent to an activating group) is 1. The second-order valence-electron chi connectivity index (χ2n) is 6.64. The molecule has 1 aliphatic heterocycles. The molecule has 1 amide bonds. The Morgan fingerprint density at radius 3 is 2.52 bits per heavy atom. The van der Waals surface area contributed by atoms with Crippen LogP contribution in [0.2, 0.25) is 0 Å². The molecule has 0 unspecified atom stereocenters. The molecule has 148 valence electrons. The Labute approximate surface area is 174 Å². The van der Waals surface area contributed by atoms with Crippen molar-refractivity contribution in [2.24, 2.45) is 4.99 Å². The molecule has 3 aromatic rings. The van der Waals surface area contributed by atoms with E-state index in [9.17, 15) is 4.79 Å². The van der Waals surface area contributed by atoms with Crippen LogP contribution in [-0.2, 0) is 11.3 Å². The van der Waals surface area contributed by atoms with Crippen LogP contribution in [0, 0.1) is 0 Å². The van der Waals surface area contributed by atoms with Crippen molar-refractivity contribution in [3.05, 3.63) is 65.2 Å². The van der Waals surface area contributed by atoms with Crippen molar-refractivity contribution >= 4 is 45.5 Å². The molecule has 0 spiro atoms. The number of amidine groups is 1. The van der Waals surface area contributed by atoms with Gasteiger partial charge in [0.15, 0.2) is 5.17 Å². The number of thioether (sulfide) groups is 1. The molecule has 2 aromatic carbocycles. The summed E-state index contributed by atoms with van der Waals surface area (Å²) in [5.74, 6) is 0.780. The van der Waals surface area contributed by atoms with Crippen LogP contribution < -0.4 is 4.74 Å². The molecular formula is C23H23N3O2S. The molecule has 1 fully saturated rings. The van der Waals surface area contributed by atoms with E-state index in [-0.39, 0.29) is 5.91 Å². The Balaban J connectivity index is 1.70. The summed E-state index contributed by atoms with van der Waals surface area (Å²) in [6.45, 7) is 5.55. The van der Waals surface area contributed by atoms with Crippen molar-refractivity contribution in [2.75, 3.05) is 13.7 Å². The number of hydrogen-bond acceptors (Lipinski definition) is 4. The number of carbonyl (C=O) groups excluding carboxylic acids is 1. The van der Waals surface area contributed by atoms with Crippen LogP contribution in [0.4, 0.5) is 5.69 Å². The lowest BCUT2D eigenvalue weighted by atomic mass is 10.1. The van der Waals surface area contributed by atoms with E-state index in [1.54, 1.807) is 12.0 Å². The highest BCUT2D eigenvalue weighted by Gasteiger charge is 2.32. The van der Waals surface area contributed by atoms with Crippen LogP contribution in [0.25, 0.3) is 17.0 Å². The normalized spacial score (nSPS) is 17.1. The zero-order valence-electron chi connectivity index (χ0n) is 16.8. The van der Waals surface area contributed by atoms with Crippen LogP contribution in [0.15, 0.2) is 64.6 Å². The predicted molar refractivity (Wildman–Crippen MR) is 121 cm³/mol. The summed E-state index contributed by atoms with van der Waals surface area (Å²) in [5, 5.41) is 1.85. The summed E-state index contributed by atoms with van der Waals surface area (Å²) in [7, 11) is 1.64. The Kier molecular flexibility index (Phi) is 5.45. The summed E-state index contributed by atoms with van der Waals surface area (Å²) in [5.41, 5.74) is 3.03. The molecule has 0 saturated carbocycles. The first-order valence-corrected chi connectivity index (χ1v) is 10.5. The Morgan fingerprint density at radius 2 is 1.83 bits per heavy atom. The number of ether oxygens (including phenoxy) is 1. The van der Waals surface area contributed by atoms with Gasteiger partial charge in [0.05, 0.1) is 17.7 Å². The summed E-state index contributed by atoms with van der Waals surface area (Å²) in [6.07, 6.45) is 4.10. The van der Waals surface area contributed by atoms with Gasteiger partial charge in [0.25, 0.3) is 5.91 Å². The van der Waals surface area contributed by atoms with E-state index >= 15 is 0 Å². The number of fused-ring (bicyclic) bond motifs is 1. The molecule has 4 rings (SSSR count). The van der Waals surface area contributed by atoms with Crippen LogP contribution >= 0.6 is 11.8 Å². The van der Waals surface area contributed by atoms with Gasteiger partial charge in [-0.3, -0.25) is 9.69 Å². The SMILES string of the molecule is CCN1C(=O)/C(=C\c2cn(CC)c3ccccc23)SC1=Nc1ccc(OC)cc1. The number of benzene rings is 2. The fourth-order valence-electron chi connectivity index (χ4n) is 3.43. The third kappa shape index (κ3) is 3.68. The number of aryl methyl sites for hydroxylation is 1. The van der Waals surface area contributed by atoms with Gasteiger partial charge >= 0.3 is 0 Å². The van der Waals surface area contributed by atoms with Crippen molar-refractivity contribution in [3.8, 4) is 5.75 Å². The second-order valence-corrected chi connectivity index (χ2v) is 7.65. The summed E-state index contributed by atoms with van der Waals surface area (Å²) in [4.78, 5) is 20.1. The average Bonchev–Trinajstić information content (AvgIpc) is 3.26. The number of carbonyl (C=O) groups is 1. The van der Waals surface area contributed by atoms with Crippen LogP contribution in [0.1, 0.15) is 19.4 Å². The van der Waals surface area contributed by atoms with Crippen molar-refractivity contribution in [3.63, 3.8) is 0 Å². The lowest BCUT2D eigenvalue weighted by Crippen LogP contribution is -2.28. The number of methoxy groups -OCH3 is 1. The van der Waals surface area contributed by atoms with Gasteiger partial charge in [0, 0.05) is 35.8 Å². The molecule has 0 radical (unpaired) electrons. The standard InChI is InChI=1S/C23H23N3O2S/c1-4-25-15-16(19-8-6-7-9-20(19)25)14-21-22(27)26(5-2)23(29-21)24-17-10-12-18(28-3)13-11-17/h6-15H,4-5H2,1-3H3/b21-14+,24-23?. The minimum Gasteiger partial charge on any atom is -0.497 e. The quantitative estimate of drug-likeness (QED) is 0.542. The van der Waals surface area contributed by atoms with Gasteiger partial charge < -0.3 is 9.30 Å². The average molecular weight is 406 g/mol. The van der Waals surface area contributed by atoms with Crippen molar-refractivity contribution < 1.29 is 9.53 Å². The third-order valence-corrected chi connectivity index (χ3v) is 5.95.